The SMILES string of the molecule is COc1nccc2cc(CC(=O)[C@@H]3C[C@H]3c3ccc(-c4cccnc4)cc3)ccc12. The van der Waals surface area contributed by atoms with E-state index in [0.717, 1.165) is 33.9 Å². The summed E-state index contributed by atoms with van der Waals surface area (Å²) < 4.78 is 5.31. The van der Waals surface area contributed by atoms with Crippen molar-refractivity contribution in [3.8, 4) is 17.0 Å². The summed E-state index contributed by atoms with van der Waals surface area (Å²) in [6.45, 7) is 0. The summed E-state index contributed by atoms with van der Waals surface area (Å²) in [5, 5.41) is 2.01. The van der Waals surface area contributed by atoms with Crippen LogP contribution in [0.3, 0.4) is 0 Å². The molecule has 2 aromatic carbocycles. The van der Waals surface area contributed by atoms with Crippen LogP contribution in [0.15, 0.2) is 79.3 Å². The third-order valence-corrected chi connectivity index (χ3v) is 5.90. The minimum atomic E-state index is 0.122. The molecule has 0 N–H and O–H groups in total. The van der Waals surface area contributed by atoms with E-state index in [1.807, 2.05) is 30.5 Å². The Balaban J connectivity index is 1.27. The number of carbonyl (C=O) groups is 1. The molecular weight excluding hydrogens is 372 g/mol. The molecule has 5 rings (SSSR count). The number of hydrogen-bond acceptors (Lipinski definition) is 4. The lowest BCUT2D eigenvalue weighted by Gasteiger charge is -2.07. The fourth-order valence-electron chi connectivity index (χ4n) is 4.18. The molecule has 0 radical (unpaired) electrons. The van der Waals surface area contributed by atoms with Gasteiger partial charge in [-0.1, -0.05) is 42.5 Å². The van der Waals surface area contributed by atoms with Crippen molar-refractivity contribution in [2.24, 2.45) is 5.92 Å². The molecular formula is C26H22N2O2. The normalized spacial score (nSPS) is 17.6. The highest BCUT2D eigenvalue weighted by molar-refractivity contribution is 5.90. The summed E-state index contributed by atoms with van der Waals surface area (Å²) in [6.07, 6.45) is 6.79. The second kappa shape index (κ2) is 7.71. The molecule has 148 valence electrons. The van der Waals surface area contributed by atoms with Crippen molar-refractivity contribution in [1.29, 1.82) is 0 Å². The van der Waals surface area contributed by atoms with Gasteiger partial charge < -0.3 is 4.74 Å². The van der Waals surface area contributed by atoms with Gasteiger partial charge in [-0.25, -0.2) is 4.98 Å². The van der Waals surface area contributed by atoms with Gasteiger partial charge in [-0.15, -0.1) is 0 Å². The molecule has 4 heteroatoms. The summed E-state index contributed by atoms with van der Waals surface area (Å²) in [6, 6.07) is 20.6. The Morgan fingerprint density at radius 1 is 1.03 bits per heavy atom. The molecule has 0 amide bonds. The first kappa shape index (κ1) is 18.5. The van der Waals surface area contributed by atoms with Crippen molar-refractivity contribution < 1.29 is 9.53 Å². The number of nitrogens with zero attached hydrogens (tertiary/aromatic N) is 2. The largest absolute Gasteiger partial charge is 0.481 e. The van der Waals surface area contributed by atoms with Crippen LogP contribution in [0, 0.1) is 5.92 Å². The van der Waals surface area contributed by atoms with Gasteiger partial charge in [0, 0.05) is 36.3 Å². The number of Topliss-reactive ketones (excluding diaryl/α,β-unsaturated/α-hetero) is 1. The highest BCUT2D eigenvalue weighted by Crippen LogP contribution is 2.48. The van der Waals surface area contributed by atoms with Gasteiger partial charge in [-0.3, -0.25) is 9.78 Å². The molecule has 0 aliphatic heterocycles. The van der Waals surface area contributed by atoms with E-state index in [1.165, 1.54) is 5.56 Å². The first-order valence-corrected chi connectivity index (χ1v) is 10.2. The van der Waals surface area contributed by atoms with Gasteiger partial charge >= 0.3 is 0 Å². The summed E-state index contributed by atoms with van der Waals surface area (Å²) in [5.41, 5.74) is 4.54. The molecule has 0 spiro atoms. The maximum atomic E-state index is 12.9. The smallest absolute Gasteiger partial charge is 0.221 e. The lowest BCUT2D eigenvalue weighted by molar-refractivity contribution is -0.119. The summed E-state index contributed by atoms with van der Waals surface area (Å²) >= 11 is 0. The average molecular weight is 394 g/mol. The van der Waals surface area contributed by atoms with E-state index in [1.54, 1.807) is 19.5 Å². The first-order chi connectivity index (χ1) is 14.7. The van der Waals surface area contributed by atoms with E-state index in [2.05, 4.69) is 46.4 Å². The van der Waals surface area contributed by atoms with Crippen LogP contribution in [0.5, 0.6) is 5.88 Å². The van der Waals surface area contributed by atoms with Gasteiger partial charge in [0.1, 0.15) is 5.78 Å². The van der Waals surface area contributed by atoms with Gasteiger partial charge in [0.25, 0.3) is 0 Å². The topological polar surface area (TPSA) is 52.1 Å². The predicted molar refractivity (Wildman–Crippen MR) is 118 cm³/mol. The number of aromatic nitrogens is 2. The maximum Gasteiger partial charge on any atom is 0.221 e. The number of pyridine rings is 2. The summed E-state index contributed by atoms with van der Waals surface area (Å²) in [4.78, 5) is 21.3. The van der Waals surface area contributed by atoms with Crippen molar-refractivity contribution in [2.75, 3.05) is 7.11 Å². The van der Waals surface area contributed by atoms with Crippen molar-refractivity contribution in [3.05, 3.63) is 90.4 Å². The Morgan fingerprint density at radius 2 is 1.90 bits per heavy atom. The van der Waals surface area contributed by atoms with Crippen molar-refractivity contribution in [1.82, 2.24) is 9.97 Å². The molecule has 0 bridgehead atoms. The molecule has 1 aliphatic rings. The highest BCUT2D eigenvalue weighted by atomic mass is 16.5. The molecule has 2 heterocycles. The minimum Gasteiger partial charge on any atom is -0.481 e. The van der Waals surface area contributed by atoms with Gasteiger partial charge in [-0.2, -0.15) is 0 Å². The molecule has 30 heavy (non-hydrogen) atoms. The lowest BCUT2D eigenvalue weighted by Crippen LogP contribution is -2.06. The van der Waals surface area contributed by atoms with Crippen molar-refractivity contribution in [2.45, 2.75) is 18.8 Å². The molecule has 0 unspecified atom stereocenters. The minimum absolute atomic E-state index is 0.122. The first-order valence-electron chi connectivity index (χ1n) is 10.2. The number of hydrogen-bond donors (Lipinski definition) is 0. The molecule has 2 atom stereocenters. The summed E-state index contributed by atoms with van der Waals surface area (Å²) in [5.74, 6) is 1.39. The number of fused-ring (bicyclic) bond motifs is 1. The second-order valence-electron chi connectivity index (χ2n) is 7.83. The zero-order chi connectivity index (χ0) is 20.5. The molecule has 0 saturated heterocycles. The summed E-state index contributed by atoms with van der Waals surface area (Å²) in [7, 11) is 1.62. The fraction of sp³-hybridized carbons (Fsp3) is 0.192. The molecule has 1 saturated carbocycles. The van der Waals surface area contributed by atoms with E-state index < -0.39 is 0 Å². The van der Waals surface area contributed by atoms with Crippen LogP contribution in [-0.4, -0.2) is 22.9 Å². The third kappa shape index (κ3) is 3.57. The molecule has 4 aromatic rings. The number of rotatable bonds is 6. The number of methoxy groups -OCH3 is 1. The van der Waals surface area contributed by atoms with Gasteiger partial charge in [-0.05, 0) is 58.2 Å². The van der Waals surface area contributed by atoms with Crippen LogP contribution in [-0.2, 0) is 11.2 Å². The quantitative estimate of drug-likeness (QED) is 0.450. The van der Waals surface area contributed by atoms with E-state index in [0.29, 0.717) is 24.0 Å². The van der Waals surface area contributed by atoms with Gasteiger partial charge in [0.05, 0.1) is 7.11 Å². The predicted octanol–water partition coefficient (Wildman–Crippen LogP) is 5.22. The van der Waals surface area contributed by atoms with E-state index in [9.17, 15) is 4.79 Å². The number of ether oxygens (including phenoxy) is 1. The number of carbonyl (C=O) groups excluding carboxylic acids is 1. The molecule has 1 aliphatic carbocycles. The zero-order valence-corrected chi connectivity index (χ0v) is 16.8. The van der Waals surface area contributed by atoms with Crippen molar-refractivity contribution in [3.63, 3.8) is 0 Å². The van der Waals surface area contributed by atoms with Gasteiger partial charge in [0.2, 0.25) is 5.88 Å². The van der Waals surface area contributed by atoms with E-state index in [-0.39, 0.29) is 5.92 Å². The standard InChI is InChI=1S/C26H22N2O2/c1-30-26-22-9-4-17(13-20(22)10-12-28-26)14-25(29)24-15-23(24)19-7-5-18(6-8-19)21-3-2-11-27-16-21/h2-13,16,23-24H,14-15H2,1H3/t23-,24+/m0/s1. The number of ketones is 1. The molecule has 1 fully saturated rings. The zero-order valence-electron chi connectivity index (χ0n) is 16.8. The monoisotopic (exact) mass is 394 g/mol. The van der Waals surface area contributed by atoms with Crippen LogP contribution in [0.2, 0.25) is 0 Å². The third-order valence-electron chi connectivity index (χ3n) is 5.90. The Kier molecular flexibility index (Phi) is 4.75. The highest BCUT2D eigenvalue weighted by Gasteiger charge is 2.43. The average Bonchev–Trinajstić information content (AvgIpc) is 3.60. The van der Waals surface area contributed by atoms with Crippen LogP contribution in [0.1, 0.15) is 23.5 Å². The van der Waals surface area contributed by atoms with Crippen LogP contribution in [0.4, 0.5) is 0 Å². The van der Waals surface area contributed by atoms with E-state index in [4.69, 9.17) is 4.74 Å². The Hall–Kier alpha value is -3.53. The lowest BCUT2D eigenvalue weighted by atomic mass is 9.99. The molecule has 2 aromatic heterocycles. The fourth-order valence-corrected chi connectivity index (χ4v) is 4.18. The number of benzene rings is 2. The van der Waals surface area contributed by atoms with Crippen LogP contribution in [0.25, 0.3) is 21.9 Å². The van der Waals surface area contributed by atoms with Crippen molar-refractivity contribution >= 4 is 16.6 Å². The van der Waals surface area contributed by atoms with Crippen LogP contribution >= 0.6 is 0 Å². The second-order valence-corrected chi connectivity index (χ2v) is 7.83. The maximum absolute atomic E-state index is 12.9. The Morgan fingerprint density at radius 3 is 2.67 bits per heavy atom. The molecule has 4 nitrogen and oxygen atoms in total. The van der Waals surface area contributed by atoms with Crippen LogP contribution < -0.4 is 4.74 Å². The van der Waals surface area contributed by atoms with E-state index >= 15 is 0 Å². The van der Waals surface area contributed by atoms with Gasteiger partial charge in [0.15, 0.2) is 0 Å². The Labute approximate surface area is 175 Å². The Bertz CT molecular complexity index is 1200.